The van der Waals surface area contributed by atoms with E-state index in [9.17, 15) is 4.79 Å². The van der Waals surface area contributed by atoms with Crippen molar-refractivity contribution in [1.82, 2.24) is 5.32 Å². The molecule has 1 rings (SSSR count). The van der Waals surface area contributed by atoms with Crippen LogP contribution in [0.1, 0.15) is 33.1 Å². The van der Waals surface area contributed by atoms with E-state index in [-0.39, 0.29) is 5.91 Å². The van der Waals surface area contributed by atoms with Crippen LogP contribution in [0.2, 0.25) is 0 Å². The maximum Gasteiger partial charge on any atom is 0.243 e. The topological polar surface area (TPSA) is 29.1 Å². The highest BCUT2D eigenvalue weighted by atomic mass is 16.1. The molecule has 0 aromatic heterocycles. The highest BCUT2D eigenvalue weighted by Gasteiger charge is 2.40. The summed E-state index contributed by atoms with van der Waals surface area (Å²) in [5.74, 6) is 0.0391. The summed E-state index contributed by atoms with van der Waals surface area (Å²) in [5, 5.41) is 2.91. The lowest BCUT2D eigenvalue weighted by atomic mass is 10.0. The Morgan fingerprint density at radius 3 is 2.67 bits per heavy atom. The summed E-state index contributed by atoms with van der Waals surface area (Å²) in [6, 6.07) is 0. The van der Waals surface area contributed by atoms with Crippen LogP contribution >= 0.6 is 0 Å². The molecule has 1 N–H and O–H groups in total. The molecule has 0 aromatic rings. The molecule has 1 saturated carbocycles. The fraction of sp³-hybridized carbons (Fsp3) is 0.700. The zero-order valence-electron chi connectivity index (χ0n) is 7.89. The Bertz CT molecular complexity index is 192. The fourth-order valence-electron chi connectivity index (χ4n) is 1.32. The molecule has 0 atom stereocenters. The lowest BCUT2D eigenvalue weighted by Gasteiger charge is -2.11. The smallest absolute Gasteiger partial charge is 0.243 e. The quantitative estimate of drug-likeness (QED) is 0.636. The summed E-state index contributed by atoms with van der Waals surface area (Å²) in [4.78, 5) is 11.0. The first-order valence-corrected chi connectivity index (χ1v) is 4.63. The molecule has 68 valence electrons. The summed E-state index contributed by atoms with van der Waals surface area (Å²) in [7, 11) is 0. The number of allylic oxidation sites excluding steroid dienone is 1. The van der Waals surface area contributed by atoms with Gasteiger partial charge in [-0.2, -0.15) is 0 Å². The van der Waals surface area contributed by atoms with Crippen molar-refractivity contribution in [2.24, 2.45) is 5.41 Å². The monoisotopic (exact) mass is 167 g/mol. The van der Waals surface area contributed by atoms with Gasteiger partial charge in [0, 0.05) is 6.54 Å². The molecule has 1 fully saturated rings. The third-order valence-corrected chi connectivity index (χ3v) is 2.66. The van der Waals surface area contributed by atoms with Crippen LogP contribution < -0.4 is 5.32 Å². The van der Waals surface area contributed by atoms with E-state index in [0.717, 1.165) is 6.54 Å². The van der Waals surface area contributed by atoms with Crippen molar-refractivity contribution in [3.8, 4) is 0 Å². The van der Waals surface area contributed by atoms with Crippen molar-refractivity contribution >= 4 is 5.91 Å². The lowest BCUT2D eigenvalue weighted by Crippen LogP contribution is -2.28. The molecule has 1 aliphatic rings. The Kier molecular flexibility index (Phi) is 2.90. The Morgan fingerprint density at radius 1 is 1.58 bits per heavy atom. The van der Waals surface area contributed by atoms with Gasteiger partial charge in [0.25, 0.3) is 0 Å². The number of nitrogens with one attached hydrogen (secondary N) is 1. The first-order valence-electron chi connectivity index (χ1n) is 4.63. The normalized spacial score (nSPS) is 19.5. The van der Waals surface area contributed by atoms with E-state index in [1.807, 2.05) is 6.92 Å². The van der Waals surface area contributed by atoms with Gasteiger partial charge in [0.15, 0.2) is 0 Å². The minimum atomic E-state index is 0.0391. The summed E-state index contributed by atoms with van der Waals surface area (Å²) >= 11 is 0. The van der Waals surface area contributed by atoms with Crippen molar-refractivity contribution in [3.63, 3.8) is 0 Å². The summed E-state index contributed by atoms with van der Waals surface area (Å²) in [6.07, 6.45) is 7.08. The fourth-order valence-corrected chi connectivity index (χ4v) is 1.32. The van der Waals surface area contributed by atoms with E-state index in [2.05, 4.69) is 12.2 Å². The second-order valence-electron chi connectivity index (χ2n) is 3.57. The van der Waals surface area contributed by atoms with E-state index in [1.54, 1.807) is 12.2 Å². The molecule has 1 amide bonds. The minimum absolute atomic E-state index is 0.0391. The molecule has 12 heavy (non-hydrogen) atoms. The predicted octanol–water partition coefficient (Wildman–Crippen LogP) is 1.87. The van der Waals surface area contributed by atoms with Crippen molar-refractivity contribution in [2.75, 3.05) is 6.54 Å². The predicted molar refractivity (Wildman–Crippen MR) is 49.8 cm³/mol. The highest BCUT2D eigenvalue weighted by molar-refractivity contribution is 5.87. The van der Waals surface area contributed by atoms with Crippen LogP contribution in [0.5, 0.6) is 0 Å². The average molecular weight is 167 g/mol. The van der Waals surface area contributed by atoms with E-state index in [1.165, 1.54) is 19.3 Å². The zero-order valence-corrected chi connectivity index (χ0v) is 7.89. The minimum Gasteiger partial charge on any atom is -0.352 e. The lowest BCUT2D eigenvalue weighted by molar-refractivity contribution is -0.116. The van der Waals surface area contributed by atoms with Crippen LogP contribution in [0.4, 0.5) is 0 Å². The number of hydrogen-bond donors (Lipinski definition) is 1. The van der Waals surface area contributed by atoms with Gasteiger partial charge >= 0.3 is 0 Å². The number of amides is 1. The number of carbonyl (C=O) groups is 1. The molecule has 0 heterocycles. The molecule has 0 saturated heterocycles. The van der Waals surface area contributed by atoms with E-state index in [0.29, 0.717) is 5.41 Å². The molecule has 0 aromatic carbocycles. The van der Waals surface area contributed by atoms with Gasteiger partial charge < -0.3 is 5.32 Å². The SMILES string of the molecule is C/C=C/C(=O)NCC1(CC)CC1. The molecule has 0 bridgehead atoms. The second-order valence-corrected chi connectivity index (χ2v) is 3.57. The van der Waals surface area contributed by atoms with Crippen LogP contribution in [0, 0.1) is 5.41 Å². The van der Waals surface area contributed by atoms with Gasteiger partial charge in [0.05, 0.1) is 0 Å². The van der Waals surface area contributed by atoms with Crippen LogP contribution in [-0.4, -0.2) is 12.5 Å². The number of hydrogen-bond acceptors (Lipinski definition) is 1. The first-order chi connectivity index (χ1) is 5.72. The Labute approximate surface area is 74.0 Å². The van der Waals surface area contributed by atoms with E-state index >= 15 is 0 Å². The highest BCUT2D eigenvalue weighted by Crippen LogP contribution is 2.47. The maximum atomic E-state index is 11.0. The molecule has 0 spiro atoms. The average Bonchev–Trinajstić information content (AvgIpc) is 2.82. The Balaban J connectivity index is 2.21. The second kappa shape index (κ2) is 3.74. The van der Waals surface area contributed by atoms with Gasteiger partial charge in [0.1, 0.15) is 0 Å². The maximum absolute atomic E-state index is 11.0. The summed E-state index contributed by atoms with van der Waals surface area (Å²) in [6.45, 7) is 4.90. The van der Waals surface area contributed by atoms with Crippen LogP contribution in [0.15, 0.2) is 12.2 Å². The third-order valence-electron chi connectivity index (χ3n) is 2.66. The van der Waals surface area contributed by atoms with Gasteiger partial charge in [-0.3, -0.25) is 4.79 Å². The molecule has 1 aliphatic carbocycles. The van der Waals surface area contributed by atoms with Crippen LogP contribution in [-0.2, 0) is 4.79 Å². The number of carbonyl (C=O) groups excluding carboxylic acids is 1. The molecule has 2 heteroatoms. The number of rotatable bonds is 4. The molecule has 0 aliphatic heterocycles. The molecule has 2 nitrogen and oxygen atoms in total. The third kappa shape index (κ3) is 2.36. The first kappa shape index (κ1) is 9.30. The molecule has 0 unspecified atom stereocenters. The van der Waals surface area contributed by atoms with Gasteiger partial charge in [-0.1, -0.05) is 13.0 Å². The van der Waals surface area contributed by atoms with E-state index < -0.39 is 0 Å². The van der Waals surface area contributed by atoms with Gasteiger partial charge in [-0.15, -0.1) is 0 Å². The van der Waals surface area contributed by atoms with Crippen LogP contribution in [0.3, 0.4) is 0 Å². The molecular formula is C10H17NO. The van der Waals surface area contributed by atoms with Crippen molar-refractivity contribution in [1.29, 1.82) is 0 Å². The van der Waals surface area contributed by atoms with Crippen LogP contribution in [0.25, 0.3) is 0 Å². The van der Waals surface area contributed by atoms with Gasteiger partial charge in [-0.25, -0.2) is 0 Å². The van der Waals surface area contributed by atoms with Crippen molar-refractivity contribution < 1.29 is 4.79 Å². The molecular weight excluding hydrogens is 150 g/mol. The zero-order chi connectivity index (χ0) is 9.03. The largest absolute Gasteiger partial charge is 0.352 e. The van der Waals surface area contributed by atoms with Crippen molar-refractivity contribution in [2.45, 2.75) is 33.1 Å². The van der Waals surface area contributed by atoms with Gasteiger partial charge in [-0.05, 0) is 37.7 Å². The Hall–Kier alpha value is -0.790. The molecule has 0 radical (unpaired) electrons. The van der Waals surface area contributed by atoms with Gasteiger partial charge in [0.2, 0.25) is 5.91 Å². The summed E-state index contributed by atoms with van der Waals surface area (Å²) in [5.41, 5.74) is 0.456. The standard InChI is InChI=1S/C10H17NO/c1-3-5-9(12)11-8-10(4-2)6-7-10/h3,5H,4,6-8H2,1-2H3,(H,11,12)/b5-3+. The Morgan fingerprint density at radius 2 is 2.25 bits per heavy atom. The summed E-state index contributed by atoms with van der Waals surface area (Å²) < 4.78 is 0. The van der Waals surface area contributed by atoms with Crippen molar-refractivity contribution in [3.05, 3.63) is 12.2 Å². The van der Waals surface area contributed by atoms with E-state index in [4.69, 9.17) is 0 Å².